The molecule has 0 fully saturated rings. The minimum Gasteiger partial charge on any atom is -0.342 e. The second-order valence-corrected chi connectivity index (χ2v) is 8.09. The van der Waals surface area contributed by atoms with Crippen LogP contribution in [-0.4, -0.2) is 15.7 Å². The second-order valence-electron chi connectivity index (χ2n) is 7.11. The van der Waals surface area contributed by atoms with Gasteiger partial charge in [-0.2, -0.15) is 5.10 Å². The number of carbonyl (C=O) groups excluding carboxylic acids is 1. The van der Waals surface area contributed by atoms with Gasteiger partial charge in [-0.1, -0.05) is 45.0 Å². The van der Waals surface area contributed by atoms with Crippen LogP contribution in [0.4, 0.5) is 0 Å². The molecule has 3 aromatic rings. The molecule has 0 radical (unpaired) electrons. The number of hydrogen-bond donors (Lipinski definition) is 1. The number of nitrogens with one attached hydrogen (secondary N) is 1. The zero-order chi connectivity index (χ0) is 18.2. The van der Waals surface area contributed by atoms with Crippen molar-refractivity contribution < 1.29 is 4.79 Å². The molecule has 2 heterocycles. The van der Waals surface area contributed by atoms with Crippen LogP contribution in [0.1, 0.15) is 42.2 Å². The van der Waals surface area contributed by atoms with Crippen molar-refractivity contribution in [3.63, 3.8) is 0 Å². The first-order valence-electron chi connectivity index (χ1n) is 8.09. The van der Waals surface area contributed by atoms with Crippen LogP contribution in [0.25, 0.3) is 10.8 Å². The zero-order valence-corrected chi connectivity index (χ0v) is 15.6. The summed E-state index contributed by atoms with van der Waals surface area (Å²) in [4.78, 5) is 26.3. The lowest BCUT2D eigenvalue weighted by Crippen LogP contribution is -2.37. The molecule has 6 heteroatoms. The highest BCUT2D eigenvalue weighted by Crippen LogP contribution is 2.35. The molecule has 0 saturated carbocycles. The van der Waals surface area contributed by atoms with E-state index in [1.54, 1.807) is 42.6 Å². The first-order valence-corrected chi connectivity index (χ1v) is 8.97. The number of aryl methyl sites for hydroxylation is 1. The van der Waals surface area contributed by atoms with Gasteiger partial charge in [0.25, 0.3) is 11.5 Å². The van der Waals surface area contributed by atoms with Gasteiger partial charge in [0.05, 0.1) is 11.4 Å². The third-order valence-corrected chi connectivity index (χ3v) is 5.08. The number of thiophene rings is 1. The van der Waals surface area contributed by atoms with E-state index in [1.807, 2.05) is 17.5 Å². The molecule has 1 atom stereocenters. The lowest BCUT2D eigenvalue weighted by Gasteiger charge is -2.30. The van der Waals surface area contributed by atoms with Crippen molar-refractivity contribution in [2.75, 3.05) is 0 Å². The van der Waals surface area contributed by atoms with Crippen molar-refractivity contribution in [3.05, 3.63) is 62.7 Å². The minimum absolute atomic E-state index is 0.141. The first kappa shape index (κ1) is 17.4. The molecule has 1 aromatic carbocycles. The normalized spacial score (nSPS) is 13.0. The second kappa shape index (κ2) is 6.44. The first-order chi connectivity index (χ1) is 11.8. The molecule has 1 amide bonds. The van der Waals surface area contributed by atoms with Crippen molar-refractivity contribution in [2.24, 2.45) is 12.5 Å². The molecule has 25 heavy (non-hydrogen) atoms. The van der Waals surface area contributed by atoms with Gasteiger partial charge in [-0.25, -0.2) is 4.68 Å². The van der Waals surface area contributed by atoms with Crippen LogP contribution >= 0.6 is 11.3 Å². The summed E-state index contributed by atoms with van der Waals surface area (Å²) < 4.78 is 1.22. The molecule has 0 aliphatic heterocycles. The fourth-order valence-electron chi connectivity index (χ4n) is 2.84. The van der Waals surface area contributed by atoms with Crippen LogP contribution in [0.5, 0.6) is 0 Å². The van der Waals surface area contributed by atoms with E-state index >= 15 is 0 Å². The Morgan fingerprint density at radius 1 is 1.16 bits per heavy atom. The molecule has 1 N–H and O–H groups in total. The zero-order valence-electron chi connectivity index (χ0n) is 14.7. The Morgan fingerprint density at radius 2 is 1.84 bits per heavy atom. The van der Waals surface area contributed by atoms with Gasteiger partial charge in [-0.3, -0.25) is 9.59 Å². The van der Waals surface area contributed by atoms with Gasteiger partial charge < -0.3 is 5.32 Å². The average Bonchev–Trinajstić information content (AvgIpc) is 3.08. The molecule has 0 bridgehead atoms. The predicted octanol–water partition coefficient (Wildman–Crippen LogP) is 3.51. The number of hydrogen-bond acceptors (Lipinski definition) is 4. The van der Waals surface area contributed by atoms with Crippen molar-refractivity contribution in [3.8, 4) is 0 Å². The summed E-state index contributed by atoms with van der Waals surface area (Å²) in [5.41, 5.74) is -0.0990. The maximum Gasteiger partial charge on any atom is 0.274 e. The summed E-state index contributed by atoms with van der Waals surface area (Å²) in [7, 11) is 1.56. The highest BCUT2D eigenvalue weighted by atomic mass is 32.1. The molecule has 0 spiro atoms. The third kappa shape index (κ3) is 3.35. The topological polar surface area (TPSA) is 64.0 Å². The van der Waals surface area contributed by atoms with Crippen LogP contribution in [0.2, 0.25) is 0 Å². The molecule has 0 aliphatic carbocycles. The van der Waals surface area contributed by atoms with Gasteiger partial charge in [0.2, 0.25) is 0 Å². The Balaban J connectivity index is 2.05. The van der Waals surface area contributed by atoms with Crippen LogP contribution < -0.4 is 10.9 Å². The van der Waals surface area contributed by atoms with Crippen molar-refractivity contribution in [1.29, 1.82) is 0 Å². The van der Waals surface area contributed by atoms with E-state index in [0.29, 0.717) is 10.8 Å². The summed E-state index contributed by atoms with van der Waals surface area (Å²) >= 11 is 1.61. The molecule has 0 aliphatic rings. The van der Waals surface area contributed by atoms with Crippen molar-refractivity contribution in [1.82, 2.24) is 15.1 Å². The molecule has 130 valence electrons. The van der Waals surface area contributed by atoms with Gasteiger partial charge in [-0.05, 0) is 22.9 Å². The van der Waals surface area contributed by atoms with E-state index in [0.717, 1.165) is 4.88 Å². The number of rotatable bonds is 3. The Morgan fingerprint density at radius 3 is 2.44 bits per heavy atom. The van der Waals surface area contributed by atoms with E-state index in [4.69, 9.17) is 0 Å². The monoisotopic (exact) mass is 355 g/mol. The Bertz CT molecular complexity index is 968. The predicted molar refractivity (Wildman–Crippen MR) is 101 cm³/mol. The number of nitrogens with zero attached hydrogens (tertiary/aromatic N) is 2. The summed E-state index contributed by atoms with van der Waals surface area (Å²) in [5.74, 6) is -0.278. The molecule has 3 rings (SSSR count). The summed E-state index contributed by atoms with van der Waals surface area (Å²) in [5, 5.41) is 10.4. The lowest BCUT2D eigenvalue weighted by atomic mass is 9.85. The van der Waals surface area contributed by atoms with Gasteiger partial charge in [0, 0.05) is 17.3 Å². The van der Waals surface area contributed by atoms with Gasteiger partial charge in [0.15, 0.2) is 5.69 Å². The quantitative estimate of drug-likeness (QED) is 0.782. The summed E-state index contributed by atoms with van der Waals surface area (Å²) in [6.45, 7) is 6.26. The maximum absolute atomic E-state index is 13.0. The summed E-state index contributed by atoms with van der Waals surface area (Å²) in [6, 6.07) is 10.9. The standard InChI is InChI=1S/C19H21N3O2S/c1-19(2,3)16(14-10-7-11-25-14)20-17(23)15-12-8-5-6-9-13(12)18(24)22(4)21-15/h5-11,16H,1-4H3,(H,20,23). The molecular formula is C19H21N3O2S. The number of benzene rings is 1. The average molecular weight is 355 g/mol. The molecule has 0 saturated heterocycles. The number of amides is 1. The number of aromatic nitrogens is 2. The van der Waals surface area contributed by atoms with Crippen molar-refractivity contribution >= 4 is 28.0 Å². The van der Waals surface area contributed by atoms with Gasteiger partial charge in [0.1, 0.15) is 0 Å². The Hall–Kier alpha value is -2.47. The SMILES string of the molecule is Cn1nc(C(=O)NC(c2cccs2)C(C)(C)C)c2ccccc2c1=O. The van der Waals surface area contributed by atoms with E-state index in [-0.39, 0.29) is 28.6 Å². The smallest absolute Gasteiger partial charge is 0.274 e. The fraction of sp³-hybridized carbons (Fsp3) is 0.316. The van der Waals surface area contributed by atoms with E-state index in [2.05, 4.69) is 31.2 Å². The van der Waals surface area contributed by atoms with Gasteiger partial charge in [-0.15, -0.1) is 11.3 Å². The lowest BCUT2D eigenvalue weighted by molar-refractivity contribution is 0.0898. The van der Waals surface area contributed by atoms with E-state index < -0.39 is 0 Å². The van der Waals surface area contributed by atoms with E-state index in [9.17, 15) is 9.59 Å². The van der Waals surface area contributed by atoms with Crippen LogP contribution in [-0.2, 0) is 7.05 Å². The Labute approximate surface area is 150 Å². The molecule has 5 nitrogen and oxygen atoms in total. The summed E-state index contributed by atoms with van der Waals surface area (Å²) in [6.07, 6.45) is 0. The number of carbonyl (C=O) groups is 1. The van der Waals surface area contributed by atoms with E-state index in [1.165, 1.54) is 4.68 Å². The van der Waals surface area contributed by atoms with Crippen LogP contribution in [0.15, 0.2) is 46.6 Å². The molecular weight excluding hydrogens is 334 g/mol. The molecule has 1 unspecified atom stereocenters. The van der Waals surface area contributed by atoms with Crippen LogP contribution in [0.3, 0.4) is 0 Å². The maximum atomic E-state index is 13.0. The molecule has 2 aromatic heterocycles. The Kier molecular flexibility index (Phi) is 4.47. The highest BCUT2D eigenvalue weighted by Gasteiger charge is 2.30. The van der Waals surface area contributed by atoms with Crippen LogP contribution in [0, 0.1) is 5.41 Å². The minimum atomic E-state index is -0.278. The largest absolute Gasteiger partial charge is 0.342 e. The number of fused-ring (bicyclic) bond motifs is 1. The third-order valence-electron chi connectivity index (χ3n) is 4.14. The van der Waals surface area contributed by atoms with Crippen molar-refractivity contribution in [2.45, 2.75) is 26.8 Å². The highest BCUT2D eigenvalue weighted by molar-refractivity contribution is 7.10. The van der Waals surface area contributed by atoms with Gasteiger partial charge >= 0.3 is 0 Å². The fourth-order valence-corrected chi connectivity index (χ4v) is 3.86.